The summed E-state index contributed by atoms with van der Waals surface area (Å²) >= 11 is 1.82. The highest BCUT2D eigenvalue weighted by Gasteiger charge is 2.35. The molecule has 2 N–H and O–H groups in total. The van der Waals surface area contributed by atoms with Crippen LogP contribution in [0.15, 0.2) is 11.4 Å². The van der Waals surface area contributed by atoms with E-state index in [4.69, 9.17) is 5.73 Å². The Kier molecular flexibility index (Phi) is 4.13. The summed E-state index contributed by atoms with van der Waals surface area (Å²) < 4.78 is 0. The quantitative estimate of drug-likeness (QED) is 0.931. The van der Waals surface area contributed by atoms with Crippen LogP contribution in [-0.2, 0) is 17.8 Å². The van der Waals surface area contributed by atoms with Crippen LogP contribution in [-0.4, -0.2) is 23.9 Å². The SMILES string of the molecule is NCC1(CC(=O)N2CCc3sccc3C2)CCCCC1. The van der Waals surface area contributed by atoms with Gasteiger partial charge in [0.05, 0.1) is 0 Å². The van der Waals surface area contributed by atoms with Crippen molar-refractivity contribution in [2.24, 2.45) is 11.1 Å². The van der Waals surface area contributed by atoms with E-state index >= 15 is 0 Å². The second-order valence-corrected chi connectivity index (χ2v) is 7.38. The monoisotopic (exact) mass is 292 g/mol. The van der Waals surface area contributed by atoms with E-state index in [2.05, 4.69) is 11.4 Å². The fourth-order valence-electron chi connectivity index (χ4n) is 3.65. The topological polar surface area (TPSA) is 46.3 Å². The second kappa shape index (κ2) is 5.86. The lowest BCUT2D eigenvalue weighted by molar-refractivity contribution is -0.135. The minimum atomic E-state index is 0.0876. The van der Waals surface area contributed by atoms with Crippen molar-refractivity contribution in [3.05, 3.63) is 21.9 Å². The lowest BCUT2D eigenvalue weighted by atomic mass is 9.71. The Morgan fingerprint density at radius 2 is 2.15 bits per heavy atom. The third-order valence-corrected chi connectivity index (χ3v) is 6.06. The molecule has 3 rings (SSSR count). The lowest BCUT2D eigenvalue weighted by Crippen LogP contribution is -2.42. The first-order valence-corrected chi connectivity index (χ1v) is 8.63. The molecule has 1 amide bonds. The Hall–Kier alpha value is -0.870. The van der Waals surface area contributed by atoms with E-state index in [9.17, 15) is 4.79 Å². The van der Waals surface area contributed by atoms with Gasteiger partial charge in [-0.05, 0) is 48.2 Å². The van der Waals surface area contributed by atoms with Crippen molar-refractivity contribution < 1.29 is 4.79 Å². The predicted molar refractivity (Wildman–Crippen MR) is 82.6 cm³/mol. The van der Waals surface area contributed by atoms with Crippen LogP contribution >= 0.6 is 11.3 Å². The number of thiophene rings is 1. The Morgan fingerprint density at radius 1 is 1.35 bits per heavy atom. The first-order valence-electron chi connectivity index (χ1n) is 7.76. The summed E-state index contributed by atoms with van der Waals surface area (Å²) in [6, 6.07) is 2.17. The van der Waals surface area contributed by atoms with Gasteiger partial charge < -0.3 is 10.6 Å². The first kappa shape index (κ1) is 14.1. The van der Waals surface area contributed by atoms with Gasteiger partial charge in [-0.1, -0.05) is 19.3 Å². The summed E-state index contributed by atoms with van der Waals surface area (Å²) in [5.74, 6) is 0.314. The third kappa shape index (κ3) is 2.77. The molecule has 0 bridgehead atoms. The minimum absolute atomic E-state index is 0.0876. The number of hydrogen-bond donors (Lipinski definition) is 1. The molecule has 1 aliphatic heterocycles. The second-order valence-electron chi connectivity index (χ2n) is 6.38. The van der Waals surface area contributed by atoms with Gasteiger partial charge in [-0.2, -0.15) is 0 Å². The Labute approximate surface area is 125 Å². The van der Waals surface area contributed by atoms with Crippen LogP contribution in [0.3, 0.4) is 0 Å². The molecule has 0 unspecified atom stereocenters. The molecule has 1 aliphatic carbocycles. The molecular formula is C16H24N2OS. The Morgan fingerprint density at radius 3 is 2.90 bits per heavy atom. The maximum atomic E-state index is 12.6. The zero-order valence-electron chi connectivity index (χ0n) is 12.1. The van der Waals surface area contributed by atoms with Crippen molar-refractivity contribution in [2.45, 2.75) is 51.5 Å². The van der Waals surface area contributed by atoms with Crippen LogP contribution in [0, 0.1) is 5.41 Å². The van der Waals surface area contributed by atoms with Gasteiger partial charge >= 0.3 is 0 Å². The molecule has 0 radical (unpaired) electrons. The first-order chi connectivity index (χ1) is 9.72. The number of nitrogens with zero attached hydrogens (tertiary/aromatic N) is 1. The highest BCUT2D eigenvalue weighted by molar-refractivity contribution is 7.10. The van der Waals surface area contributed by atoms with Gasteiger partial charge in [0.2, 0.25) is 5.91 Å². The van der Waals surface area contributed by atoms with Crippen molar-refractivity contribution in [2.75, 3.05) is 13.1 Å². The Balaban J connectivity index is 1.64. The van der Waals surface area contributed by atoms with Gasteiger partial charge in [-0.25, -0.2) is 0 Å². The molecule has 4 heteroatoms. The molecule has 1 saturated carbocycles. The van der Waals surface area contributed by atoms with E-state index in [-0.39, 0.29) is 5.41 Å². The molecule has 1 aromatic rings. The molecule has 0 saturated heterocycles. The van der Waals surface area contributed by atoms with Gasteiger partial charge in [-0.15, -0.1) is 11.3 Å². The smallest absolute Gasteiger partial charge is 0.223 e. The number of fused-ring (bicyclic) bond motifs is 1. The van der Waals surface area contributed by atoms with Gasteiger partial charge in [-0.3, -0.25) is 4.79 Å². The van der Waals surface area contributed by atoms with Crippen LogP contribution in [0.25, 0.3) is 0 Å². The molecule has 2 heterocycles. The molecule has 0 spiro atoms. The number of carbonyl (C=O) groups excluding carboxylic acids is 1. The summed E-state index contributed by atoms with van der Waals surface area (Å²) in [5, 5.41) is 2.14. The number of amides is 1. The number of nitrogens with two attached hydrogens (primary N) is 1. The largest absolute Gasteiger partial charge is 0.338 e. The van der Waals surface area contributed by atoms with Crippen LogP contribution in [0.2, 0.25) is 0 Å². The maximum absolute atomic E-state index is 12.6. The zero-order chi connectivity index (χ0) is 14.0. The molecule has 20 heavy (non-hydrogen) atoms. The summed E-state index contributed by atoms with van der Waals surface area (Å²) in [6.07, 6.45) is 7.72. The third-order valence-electron chi connectivity index (χ3n) is 5.03. The molecular weight excluding hydrogens is 268 g/mol. The molecule has 0 atom stereocenters. The van der Waals surface area contributed by atoms with E-state index in [0.717, 1.165) is 32.4 Å². The number of rotatable bonds is 3. The predicted octanol–water partition coefficient (Wildman–Crippen LogP) is 2.93. The van der Waals surface area contributed by atoms with E-state index in [0.29, 0.717) is 18.9 Å². The summed E-state index contributed by atoms with van der Waals surface area (Å²) in [7, 11) is 0. The van der Waals surface area contributed by atoms with Crippen molar-refractivity contribution in [1.82, 2.24) is 4.90 Å². The summed E-state index contributed by atoms with van der Waals surface area (Å²) in [4.78, 5) is 16.1. The normalized spacial score (nSPS) is 21.6. The van der Waals surface area contributed by atoms with Gasteiger partial charge in [0.15, 0.2) is 0 Å². The van der Waals surface area contributed by atoms with E-state index in [1.165, 1.54) is 29.7 Å². The number of hydrogen-bond acceptors (Lipinski definition) is 3. The fraction of sp³-hybridized carbons (Fsp3) is 0.688. The van der Waals surface area contributed by atoms with Crippen LogP contribution in [0.1, 0.15) is 49.0 Å². The van der Waals surface area contributed by atoms with Crippen molar-refractivity contribution >= 4 is 17.2 Å². The van der Waals surface area contributed by atoms with Gasteiger partial charge in [0, 0.05) is 24.4 Å². The Bertz CT molecular complexity index is 477. The molecule has 1 aromatic heterocycles. The summed E-state index contributed by atoms with van der Waals surface area (Å²) in [5.41, 5.74) is 7.44. The van der Waals surface area contributed by atoms with Crippen LogP contribution in [0.4, 0.5) is 0 Å². The minimum Gasteiger partial charge on any atom is -0.338 e. The zero-order valence-corrected chi connectivity index (χ0v) is 12.9. The maximum Gasteiger partial charge on any atom is 0.223 e. The summed E-state index contributed by atoms with van der Waals surface area (Å²) in [6.45, 7) is 2.35. The molecule has 1 fully saturated rings. The van der Waals surface area contributed by atoms with E-state index in [1.807, 2.05) is 16.2 Å². The van der Waals surface area contributed by atoms with Crippen LogP contribution in [0.5, 0.6) is 0 Å². The van der Waals surface area contributed by atoms with Gasteiger partial charge in [0.1, 0.15) is 0 Å². The molecule has 2 aliphatic rings. The van der Waals surface area contributed by atoms with Crippen molar-refractivity contribution in [3.8, 4) is 0 Å². The average molecular weight is 292 g/mol. The highest BCUT2D eigenvalue weighted by atomic mass is 32.1. The fourth-order valence-corrected chi connectivity index (χ4v) is 4.54. The molecule has 3 nitrogen and oxygen atoms in total. The standard InChI is InChI=1S/C16H24N2OS/c17-12-16(6-2-1-3-7-16)10-15(19)18-8-4-14-13(11-18)5-9-20-14/h5,9H,1-4,6-8,10-12,17H2. The molecule has 0 aromatic carbocycles. The van der Waals surface area contributed by atoms with E-state index < -0.39 is 0 Å². The van der Waals surface area contributed by atoms with Crippen molar-refractivity contribution in [1.29, 1.82) is 0 Å². The lowest BCUT2D eigenvalue weighted by Gasteiger charge is -2.38. The van der Waals surface area contributed by atoms with Gasteiger partial charge in [0.25, 0.3) is 0 Å². The average Bonchev–Trinajstić information content (AvgIpc) is 2.95. The number of carbonyl (C=O) groups is 1. The van der Waals surface area contributed by atoms with Crippen molar-refractivity contribution in [3.63, 3.8) is 0 Å². The highest BCUT2D eigenvalue weighted by Crippen LogP contribution is 2.39. The van der Waals surface area contributed by atoms with E-state index in [1.54, 1.807) is 0 Å². The van der Waals surface area contributed by atoms with Crippen LogP contribution < -0.4 is 5.73 Å². The molecule has 110 valence electrons.